The van der Waals surface area contributed by atoms with Crippen LogP contribution >= 0.6 is 0 Å². The van der Waals surface area contributed by atoms with Gasteiger partial charge in [-0.25, -0.2) is 4.98 Å². The first-order valence-electron chi connectivity index (χ1n) is 12.1. The van der Waals surface area contributed by atoms with Crippen LogP contribution in [-0.2, 0) is 0 Å². The molecule has 0 bridgehead atoms. The van der Waals surface area contributed by atoms with E-state index in [0.29, 0.717) is 0 Å². The van der Waals surface area contributed by atoms with E-state index in [-0.39, 0.29) is 0 Å². The highest BCUT2D eigenvalue weighted by atomic mass is 16.3. The zero-order valence-corrected chi connectivity index (χ0v) is 19.5. The Morgan fingerprint density at radius 1 is 0.556 bits per heavy atom. The Bertz CT molecular complexity index is 1810. The topological polar surface area (TPSA) is 31.0 Å². The van der Waals surface area contributed by atoms with Crippen molar-refractivity contribution in [2.24, 2.45) is 0 Å². The SMILES string of the molecule is c1ccc(-c2ccc(-n3c(-c4coc5ccc(-c6ccccc6)cc45)nc4ccccc43)cc2)cc1. The summed E-state index contributed by atoms with van der Waals surface area (Å²) in [6.45, 7) is 0. The number of benzene rings is 5. The molecule has 0 amide bonds. The first-order chi connectivity index (χ1) is 17.8. The van der Waals surface area contributed by atoms with E-state index in [2.05, 4.69) is 108 Å². The molecule has 0 aliphatic heterocycles. The summed E-state index contributed by atoms with van der Waals surface area (Å²) in [4.78, 5) is 5.07. The highest BCUT2D eigenvalue weighted by molar-refractivity contribution is 5.97. The first-order valence-corrected chi connectivity index (χ1v) is 12.1. The summed E-state index contributed by atoms with van der Waals surface area (Å²) >= 11 is 0. The van der Waals surface area contributed by atoms with E-state index in [1.54, 1.807) is 0 Å². The standard InChI is InChI=1S/C33H22N2O/c1-3-9-23(10-4-1)25-15-18-27(19-16-25)35-31-14-8-7-13-30(31)34-33(35)29-22-36-32-20-17-26(21-28(29)32)24-11-5-2-6-12-24/h1-22H. The maximum atomic E-state index is 6.00. The summed E-state index contributed by atoms with van der Waals surface area (Å²) in [5.41, 5.74) is 9.63. The molecule has 3 heteroatoms. The van der Waals surface area contributed by atoms with Gasteiger partial charge in [-0.15, -0.1) is 0 Å². The Labute approximate surface area is 208 Å². The average molecular weight is 463 g/mol. The van der Waals surface area contributed by atoms with E-state index in [1.165, 1.54) is 16.7 Å². The molecule has 0 fully saturated rings. The van der Waals surface area contributed by atoms with Gasteiger partial charge >= 0.3 is 0 Å². The number of para-hydroxylation sites is 2. The van der Waals surface area contributed by atoms with E-state index in [0.717, 1.165) is 44.6 Å². The number of nitrogens with zero attached hydrogens (tertiary/aromatic N) is 2. The minimum absolute atomic E-state index is 0.850. The van der Waals surface area contributed by atoms with Gasteiger partial charge in [0.2, 0.25) is 0 Å². The molecule has 7 aromatic rings. The highest BCUT2D eigenvalue weighted by Gasteiger charge is 2.19. The summed E-state index contributed by atoms with van der Waals surface area (Å²) in [6, 6.07) is 44.2. The van der Waals surface area contributed by atoms with Gasteiger partial charge in [0.15, 0.2) is 0 Å². The Kier molecular flexibility index (Phi) is 4.78. The van der Waals surface area contributed by atoms with E-state index < -0.39 is 0 Å². The quantitative estimate of drug-likeness (QED) is 0.262. The van der Waals surface area contributed by atoms with Gasteiger partial charge < -0.3 is 4.42 Å². The van der Waals surface area contributed by atoms with Gasteiger partial charge in [0.05, 0.1) is 16.6 Å². The molecule has 7 rings (SSSR count). The van der Waals surface area contributed by atoms with Crippen LogP contribution in [0.2, 0.25) is 0 Å². The summed E-state index contributed by atoms with van der Waals surface area (Å²) in [5, 5.41) is 1.05. The summed E-state index contributed by atoms with van der Waals surface area (Å²) in [6.07, 6.45) is 1.83. The minimum atomic E-state index is 0.850. The van der Waals surface area contributed by atoms with Crippen molar-refractivity contribution >= 4 is 22.0 Å². The van der Waals surface area contributed by atoms with Crippen molar-refractivity contribution in [1.29, 1.82) is 0 Å². The normalized spacial score (nSPS) is 11.3. The Morgan fingerprint density at radius 3 is 1.92 bits per heavy atom. The molecule has 170 valence electrons. The van der Waals surface area contributed by atoms with Crippen LogP contribution < -0.4 is 0 Å². The molecule has 0 aliphatic carbocycles. The van der Waals surface area contributed by atoms with Crippen molar-refractivity contribution in [3.8, 4) is 39.3 Å². The van der Waals surface area contributed by atoms with Crippen molar-refractivity contribution in [2.75, 3.05) is 0 Å². The molecular formula is C33H22N2O. The van der Waals surface area contributed by atoms with Crippen molar-refractivity contribution in [3.63, 3.8) is 0 Å². The zero-order chi connectivity index (χ0) is 23.9. The van der Waals surface area contributed by atoms with Gasteiger partial charge in [-0.3, -0.25) is 4.57 Å². The number of fused-ring (bicyclic) bond motifs is 2. The number of aromatic nitrogens is 2. The third kappa shape index (κ3) is 3.41. The van der Waals surface area contributed by atoms with Gasteiger partial charge in [-0.2, -0.15) is 0 Å². The number of imidazole rings is 1. The zero-order valence-electron chi connectivity index (χ0n) is 19.5. The maximum Gasteiger partial charge on any atom is 0.149 e. The summed E-state index contributed by atoms with van der Waals surface area (Å²) in [5.74, 6) is 0.868. The molecule has 3 nitrogen and oxygen atoms in total. The lowest BCUT2D eigenvalue weighted by Gasteiger charge is -2.10. The second-order valence-corrected chi connectivity index (χ2v) is 8.90. The van der Waals surface area contributed by atoms with Crippen molar-refractivity contribution in [1.82, 2.24) is 9.55 Å². The van der Waals surface area contributed by atoms with Crippen LogP contribution in [0.25, 0.3) is 61.3 Å². The molecule has 0 saturated heterocycles. The van der Waals surface area contributed by atoms with Gasteiger partial charge in [0.25, 0.3) is 0 Å². The van der Waals surface area contributed by atoms with Crippen molar-refractivity contribution < 1.29 is 4.42 Å². The molecule has 2 heterocycles. The van der Waals surface area contributed by atoms with E-state index >= 15 is 0 Å². The molecule has 5 aromatic carbocycles. The lowest BCUT2D eigenvalue weighted by Crippen LogP contribution is -1.97. The molecule has 36 heavy (non-hydrogen) atoms. The van der Waals surface area contributed by atoms with Crippen LogP contribution in [-0.4, -0.2) is 9.55 Å². The fourth-order valence-corrected chi connectivity index (χ4v) is 4.91. The van der Waals surface area contributed by atoms with Crippen molar-refractivity contribution in [2.45, 2.75) is 0 Å². The predicted molar refractivity (Wildman–Crippen MR) is 147 cm³/mol. The molecule has 0 saturated carbocycles. The van der Waals surface area contributed by atoms with Gasteiger partial charge in [0.1, 0.15) is 17.7 Å². The van der Waals surface area contributed by atoms with Crippen molar-refractivity contribution in [3.05, 3.63) is 134 Å². The first kappa shape index (κ1) is 20.5. The second-order valence-electron chi connectivity index (χ2n) is 8.90. The van der Waals surface area contributed by atoms with E-state index in [4.69, 9.17) is 9.40 Å². The highest BCUT2D eigenvalue weighted by Crippen LogP contribution is 2.36. The van der Waals surface area contributed by atoms with Crippen LogP contribution in [0.5, 0.6) is 0 Å². The Morgan fingerprint density at radius 2 is 1.17 bits per heavy atom. The fraction of sp³-hybridized carbons (Fsp3) is 0. The maximum absolute atomic E-state index is 6.00. The van der Waals surface area contributed by atoms with Crippen LogP contribution in [0.4, 0.5) is 0 Å². The lowest BCUT2D eigenvalue weighted by atomic mass is 10.0. The van der Waals surface area contributed by atoms with Gasteiger partial charge in [-0.1, -0.05) is 91.0 Å². The number of rotatable bonds is 4. The molecule has 0 radical (unpaired) electrons. The number of furan rings is 1. The molecule has 2 aromatic heterocycles. The number of hydrogen-bond acceptors (Lipinski definition) is 2. The second kappa shape index (κ2) is 8.40. The molecular weight excluding hydrogens is 440 g/mol. The van der Waals surface area contributed by atoms with Crippen LogP contribution in [0.1, 0.15) is 0 Å². The molecule has 0 unspecified atom stereocenters. The largest absolute Gasteiger partial charge is 0.464 e. The van der Waals surface area contributed by atoms with E-state index in [9.17, 15) is 0 Å². The minimum Gasteiger partial charge on any atom is -0.464 e. The monoisotopic (exact) mass is 462 g/mol. The van der Waals surface area contributed by atoms with Crippen LogP contribution in [0, 0.1) is 0 Å². The molecule has 0 N–H and O–H groups in total. The average Bonchev–Trinajstić information content (AvgIpc) is 3.55. The summed E-state index contributed by atoms with van der Waals surface area (Å²) in [7, 11) is 0. The molecule has 0 spiro atoms. The molecule has 0 atom stereocenters. The van der Waals surface area contributed by atoms with Gasteiger partial charge in [-0.05, 0) is 58.7 Å². The third-order valence-corrected chi connectivity index (χ3v) is 6.71. The van der Waals surface area contributed by atoms with Crippen LogP contribution in [0.15, 0.2) is 138 Å². The van der Waals surface area contributed by atoms with Gasteiger partial charge in [0, 0.05) is 11.1 Å². The lowest BCUT2D eigenvalue weighted by molar-refractivity contribution is 0.616. The molecule has 0 aliphatic rings. The third-order valence-electron chi connectivity index (χ3n) is 6.71. The number of hydrogen-bond donors (Lipinski definition) is 0. The Hall–Kier alpha value is -4.89. The van der Waals surface area contributed by atoms with Crippen LogP contribution in [0.3, 0.4) is 0 Å². The fourth-order valence-electron chi connectivity index (χ4n) is 4.91. The van der Waals surface area contributed by atoms with E-state index in [1.807, 2.05) is 30.5 Å². The predicted octanol–water partition coefficient (Wildman–Crippen LogP) is 8.77. The smallest absolute Gasteiger partial charge is 0.149 e. The summed E-state index contributed by atoms with van der Waals surface area (Å²) < 4.78 is 8.23. The Balaban J connectivity index is 1.41.